The molecule has 0 heterocycles. The molecule has 9 heteroatoms. The van der Waals surface area contributed by atoms with E-state index in [0.717, 1.165) is 14.0 Å². The number of ether oxygens (including phenoxy) is 1. The molecule has 0 unspecified atom stereocenters. The highest BCUT2D eigenvalue weighted by atomic mass is 19.2. The molecule has 0 atom stereocenters. The standard InChI is InChI=1S/C14H8BF7O/c1-4-3-5(16)6(9(18)8(4)17)15-7-10(19)12(21)14(23-2)13(22)11(7)20/h3,15H,1-2H3. The van der Waals surface area contributed by atoms with Crippen LogP contribution in [-0.4, -0.2) is 14.4 Å². The fourth-order valence-electron chi connectivity index (χ4n) is 2.08. The number of hydrogen-bond donors (Lipinski definition) is 0. The summed E-state index contributed by atoms with van der Waals surface area (Å²) in [5.74, 6) is -13.2. The Balaban J connectivity index is 2.65. The molecule has 0 saturated carbocycles. The first-order chi connectivity index (χ1) is 10.7. The van der Waals surface area contributed by atoms with Gasteiger partial charge in [-0.15, -0.1) is 0 Å². The molecule has 0 bridgehead atoms. The van der Waals surface area contributed by atoms with E-state index in [1.807, 2.05) is 0 Å². The molecule has 0 aliphatic rings. The second-order valence-electron chi connectivity index (χ2n) is 4.73. The lowest BCUT2D eigenvalue weighted by molar-refractivity contribution is 0.335. The zero-order chi connectivity index (χ0) is 17.5. The first kappa shape index (κ1) is 17.2. The Morgan fingerprint density at radius 3 is 1.70 bits per heavy atom. The number of rotatable bonds is 3. The van der Waals surface area contributed by atoms with Crippen LogP contribution in [0.15, 0.2) is 6.07 Å². The van der Waals surface area contributed by atoms with Crippen LogP contribution in [0.25, 0.3) is 0 Å². The van der Waals surface area contributed by atoms with Crippen molar-refractivity contribution < 1.29 is 35.5 Å². The van der Waals surface area contributed by atoms with Crippen LogP contribution in [0.1, 0.15) is 5.56 Å². The lowest BCUT2D eigenvalue weighted by Gasteiger charge is -2.12. The number of benzene rings is 2. The van der Waals surface area contributed by atoms with E-state index in [1.165, 1.54) is 0 Å². The molecule has 0 spiro atoms. The molecule has 2 rings (SSSR count). The lowest BCUT2D eigenvalue weighted by Crippen LogP contribution is -2.38. The van der Waals surface area contributed by atoms with E-state index >= 15 is 0 Å². The molecule has 0 aliphatic heterocycles. The van der Waals surface area contributed by atoms with E-state index in [2.05, 4.69) is 4.74 Å². The molecule has 122 valence electrons. The summed E-state index contributed by atoms with van der Waals surface area (Å²) in [7, 11) is -0.431. The van der Waals surface area contributed by atoms with Gasteiger partial charge >= 0.3 is 0 Å². The Labute approximate surface area is 126 Å². The molecule has 2 aromatic rings. The van der Waals surface area contributed by atoms with Gasteiger partial charge in [-0.05, 0) is 29.5 Å². The Bertz CT molecular complexity index is 763. The van der Waals surface area contributed by atoms with Crippen molar-refractivity contribution in [2.75, 3.05) is 7.11 Å². The fourth-order valence-corrected chi connectivity index (χ4v) is 2.08. The van der Waals surface area contributed by atoms with E-state index < -0.39 is 64.7 Å². The van der Waals surface area contributed by atoms with Crippen LogP contribution in [0.5, 0.6) is 5.75 Å². The topological polar surface area (TPSA) is 9.23 Å². The summed E-state index contributed by atoms with van der Waals surface area (Å²) >= 11 is 0. The minimum Gasteiger partial charge on any atom is -0.491 e. The Morgan fingerprint density at radius 2 is 1.22 bits per heavy atom. The number of methoxy groups -OCH3 is 1. The Morgan fingerprint density at radius 1 is 0.739 bits per heavy atom. The molecule has 2 aromatic carbocycles. The number of hydrogen-bond acceptors (Lipinski definition) is 1. The van der Waals surface area contributed by atoms with Gasteiger partial charge in [0.2, 0.25) is 18.9 Å². The van der Waals surface area contributed by atoms with Crippen LogP contribution in [0.4, 0.5) is 30.7 Å². The van der Waals surface area contributed by atoms with E-state index in [9.17, 15) is 30.7 Å². The fraction of sp³-hybridized carbons (Fsp3) is 0.143. The molecule has 0 aromatic heterocycles. The van der Waals surface area contributed by atoms with Crippen molar-refractivity contribution in [1.29, 1.82) is 0 Å². The summed E-state index contributed by atoms with van der Waals surface area (Å²) < 4.78 is 99.9. The third kappa shape index (κ3) is 2.75. The molecular formula is C14H8BF7O. The monoisotopic (exact) mass is 336 g/mol. The van der Waals surface area contributed by atoms with Gasteiger partial charge in [0, 0.05) is 0 Å². The second-order valence-corrected chi connectivity index (χ2v) is 4.73. The quantitative estimate of drug-likeness (QED) is 0.475. The summed E-state index contributed by atoms with van der Waals surface area (Å²) in [6, 6.07) is 0.611. The van der Waals surface area contributed by atoms with Crippen molar-refractivity contribution >= 4 is 18.2 Å². The van der Waals surface area contributed by atoms with Crippen LogP contribution < -0.4 is 15.7 Å². The summed E-state index contributed by atoms with van der Waals surface area (Å²) in [4.78, 5) is 0. The van der Waals surface area contributed by atoms with E-state index in [0.29, 0.717) is 6.07 Å². The predicted octanol–water partition coefficient (Wildman–Crippen LogP) is 2.36. The molecule has 0 amide bonds. The minimum atomic E-state index is -1.87. The molecular weight excluding hydrogens is 328 g/mol. The van der Waals surface area contributed by atoms with Crippen molar-refractivity contribution in [2.24, 2.45) is 0 Å². The average molecular weight is 336 g/mol. The zero-order valence-electron chi connectivity index (χ0n) is 11.8. The second kappa shape index (κ2) is 6.13. The van der Waals surface area contributed by atoms with E-state index in [1.54, 1.807) is 0 Å². The van der Waals surface area contributed by atoms with Crippen molar-refractivity contribution in [3.63, 3.8) is 0 Å². The van der Waals surface area contributed by atoms with Crippen molar-refractivity contribution in [3.05, 3.63) is 52.4 Å². The molecule has 0 saturated heterocycles. The average Bonchev–Trinajstić information content (AvgIpc) is 2.51. The normalized spacial score (nSPS) is 10.8. The van der Waals surface area contributed by atoms with Crippen molar-refractivity contribution in [2.45, 2.75) is 6.92 Å². The highest BCUT2D eigenvalue weighted by Crippen LogP contribution is 2.24. The molecule has 0 fully saturated rings. The third-order valence-electron chi connectivity index (χ3n) is 3.31. The van der Waals surface area contributed by atoms with Crippen molar-refractivity contribution in [1.82, 2.24) is 0 Å². The van der Waals surface area contributed by atoms with Crippen LogP contribution in [-0.2, 0) is 0 Å². The first-order valence-electron chi connectivity index (χ1n) is 6.22. The first-order valence-corrected chi connectivity index (χ1v) is 6.22. The van der Waals surface area contributed by atoms with E-state index in [4.69, 9.17) is 0 Å². The van der Waals surface area contributed by atoms with Crippen LogP contribution in [0, 0.1) is 47.6 Å². The molecule has 0 N–H and O–H groups in total. The van der Waals surface area contributed by atoms with Gasteiger partial charge in [0.15, 0.2) is 29.0 Å². The smallest absolute Gasteiger partial charge is 0.208 e. The third-order valence-corrected chi connectivity index (χ3v) is 3.31. The zero-order valence-corrected chi connectivity index (χ0v) is 11.8. The lowest BCUT2D eigenvalue weighted by atomic mass is 9.62. The molecule has 23 heavy (non-hydrogen) atoms. The SMILES string of the molecule is COc1c(F)c(F)c(Bc2c(F)cc(C)c(F)c2F)c(F)c1F. The maximum absolute atomic E-state index is 13.8. The summed E-state index contributed by atoms with van der Waals surface area (Å²) in [6.45, 7) is 1.08. The minimum absolute atomic E-state index is 0.364. The molecule has 1 nitrogen and oxygen atoms in total. The van der Waals surface area contributed by atoms with Crippen LogP contribution in [0.2, 0.25) is 0 Å². The van der Waals surface area contributed by atoms with Crippen LogP contribution >= 0.6 is 0 Å². The maximum Gasteiger partial charge on any atom is 0.208 e. The van der Waals surface area contributed by atoms with Gasteiger partial charge in [0.25, 0.3) is 0 Å². The van der Waals surface area contributed by atoms with Gasteiger partial charge < -0.3 is 4.74 Å². The van der Waals surface area contributed by atoms with Gasteiger partial charge in [0.1, 0.15) is 5.82 Å². The Kier molecular flexibility index (Phi) is 4.58. The predicted molar refractivity (Wildman–Crippen MR) is 70.3 cm³/mol. The van der Waals surface area contributed by atoms with Crippen molar-refractivity contribution in [3.8, 4) is 5.75 Å². The van der Waals surface area contributed by atoms with E-state index in [-0.39, 0.29) is 5.56 Å². The van der Waals surface area contributed by atoms with Gasteiger partial charge in [-0.1, -0.05) is 0 Å². The van der Waals surface area contributed by atoms with Gasteiger partial charge in [-0.3, -0.25) is 0 Å². The highest BCUT2D eigenvalue weighted by Gasteiger charge is 2.29. The Hall–Kier alpha value is -2.19. The number of aryl methyl sites for hydroxylation is 1. The van der Waals surface area contributed by atoms with Gasteiger partial charge in [0.05, 0.1) is 7.11 Å². The van der Waals surface area contributed by atoms with Gasteiger partial charge in [-0.25, -0.2) is 22.0 Å². The highest BCUT2D eigenvalue weighted by molar-refractivity contribution is 6.67. The summed E-state index contributed by atoms with van der Waals surface area (Å²) in [5.41, 5.74) is -2.69. The van der Waals surface area contributed by atoms with Gasteiger partial charge in [-0.2, -0.15) is 8.78 Å². The largest absolute Gasteiger partial charge is 0.491 e. The summed E-state index contributed by atoms with van der Waals surface area (Å²) in [6.07, 6.45) is 0. The summed E-state index contributed by atoms with van der Waals surface area (Å²) in [5, 5.41) is 0. The molecule has 0 aliphatic carbocycles. The van der Waals surface area contributed by atoms with Crippen LogP contribution in [0.3, 0.4) is 0 Å². The number of halogens is 7. The molecule has 0 radical (unpaired) electrons. The maximum atomic E-state index is 13.8.